The first-order valence-electron chi connectivity index (χ1n) is 28.0. The van der Waals surface area contributed by atoms with Crippen molar-refractivity contribution >= 4 is 5.91 Å². The minimum Gasteiger partial charge on any atom is -0.379 e. The molecular weight excluding hydrogens is 835 g/mol. The summed E-state index contributed by atoms with van der Waals surface area (Å²) in [6.07, 6.45) is 35.7. The van der Waals surface area contributed by atoms with Crippen LogP contribution in [0.25, 0.3) is 0 Å². The first kappa shape index (κ1) is 56.8. The molecule has 68 heavy (non-hydrogen) atoms. The van der Waals surface area contributed by atoms with Crippen LogP contribution in [0.15, 0.2) is 121 Å². The number of hydrogen-bond acceptors (Lipinski definition) is 4. The molecule has 4 aromatic carbocycles. The van der Waals surface area contributed by atoms with Gasteiger partial charge in [0.15, 0.2) is 0 Å². The predicted octanol–water partition coefficient (Wildman–Crippen LogP) is 17.4. The quantitative estimate of drug-likeness (QED) is 0.0328. The molecule has 4 rings (SSSR count). The highest BCUT2D eigenvalue weighted by atomic mass is 16.5. The summed E-state index contributed by atoms with van der Waals surface area (Å²) in [7, 11) is 0. The third-order valence-corrected chi connectivity index (χ3v) is 13.8. The Morgan fingerprint density at radius 1 is 0.456 bits per heavy atom. The van der Waals surface area contributed by atoms with Crippen LogP contribution in [0, 0.1) is 0 Å². The Hall–Kier alpha value is -3.77. The summed E-state index contributed by atoms with van der Waals surface area (Å²) in [5.74, 6) is 0.168. The molecule has 4 aromatic rings. The number of carbonyl (C=O) groups excluding carboxylic acids is 1. The van der Waals surface area contributed by atoms with Gasteiger partial charge in [-0.05, 0) is 35.1 Å². The molecule has 0 saturated heterocycles. The van der Waals surface area contributed by atoms with Crippen molar-refractivity contribution in [2.45, 2.75) is 212 Å². The van der Waals surface area contributed by atoms with Gasteiger partial charge in [0.2, 0.25) is 5.91 Å². The van der Waals surface area contributed by atoms with E-state index in [4.69, 9.17) is 14.2 Å². The summed E-state index contributed by atoms with van der Waals surface area (Å²) in [4.78, 5) is 16.4. The Morgan fingerprint density at radius 2 is 0.824 bits per heavy atom. The molecule has 1 amide bonds. The highest BCUT2D eigenvalue weighted by Crippen LogP contribution is 2.40. The molecule has 0 radical (unpaired) electrons. The number of ether oxygens (including phenoxy) is 3. The zero-order valence-electron chi connectivity index (χ0n) is 43.2. The van der Waals surface area contributed by atoms with Gasteiger partial charge in [-0.1, -0.05) is 296 Å². The fourth-order valence-corrected chi connectivity index (χ4v) is 9.65. The summed E-state index contributed by atoms with van der Waals surface area (Å²) >= 11 is 0. The van der Waals surface area contributed by atoms with E-state index in [1.165, 1.54) is 154 Å². The predicted molar refractivity (Wildman–Crippen MR) is 288 cm³/mol. The van der Waals surface area contributed by atoms with E-state index in [1.807, 2.05) is 11.0 Å². The highest BCUT2D eigenvalue weighted by molar-refractivity contribution is 5.76. The van der Waals surface area contributed by atoms with E-state index in [1.54, 1.807) is 0 Å². The van der Waals surface area contributed by atoms with Crippen LogP contribution in [0.4, 0.5) is 0 Å². The minimum atomic E-state index is -0.854. The molecule has 0 saturated carbocycles. The first-order chi connectivity index (χ1) is 33.7. The van der Waals surface area contributed by atoms with Crippen LogP contribution < -0.4 is 0 Å². The number of benzene rings is 4. The third kappa shape index (κ3) is 23.7. The molecule has 0 N–H and O–H groups in total. The maximum absolute atomic E-state index is 14.4. The monoisotopic (exact) mass is 930 g/mol. The maximum atomic E-state index is 14.4. The number of hydrogen-bond donors (Lipinski definition) is 0. The number of unbranched alkanes of at least 4 members (excludes halogenated alkanes) is 25. The Bertz CT molecular complexity index is 1640. The van der Waals surface area contributed by atoms with Gasteiger partial charge in [0.05, 0.1) is 25.9 Å². The Kier molecular flexibility index (Phi) is 31.8. The first-order valence-corrected chi connectivity index (χ1v) is 28.0. The van der Waals surface area contributed by atoms with E-state index >= 15 is 0 Å². The van der Waals surface area contributed by atoms with Crippen LogP contribution in [0.2, 0.25) is 0 Å². The van der Waals surface area contributed by atoms with Crippen molar-refractivity contribution in [2.75, 3.05) is 32.9 Å². The topological polar surface area (TPSA) is 48.0 Å². The van der Waals surface area contributed by atoms with Crippen molar-refractivity contribution in [2.24, 2.45) is 0 Å². The van der Waals surface area contributed by atoms with Crippen molar-refractivity contribution in [3.8, 4) is 0 Å². The van der Waals surface area contributed by atoms with E-state index in [9.17, 15) is 4.79 Å². The number of amides is 1. The molecule has 0 fully saturated rings. The van der Waals surface area contributed by atoms with E-state index in [0.29, 0.717) is 45.9 Å². The largest absolute Gasteiger partial charge is 0.379 e. The molecular formula is C63H95NO4. The van der Waals surface area contributed by atoms with Crippen LogP contribution in [-0.4, -0.2) is 49.8 Å². The van der Waals surface area contributed by atoms with Gasteiger partial charge in [0.1, 0.15) is 5.60 Å². The molecule has 5 heteroatoms. The van der Waals surface area contributed by atoms with Gasteiger partial charge in [-0.15, -0.1) is 0 Å². The Labute approximate surface area is 416 Å². The fourth-order valence-electron chi connectivity index (χ4n) is 9.65. The molecule has 0 bridgehead atoms. The van der Waals surface area contributed by atoms with Crippen molar-refractivity contribution < 1.29 is 19.0 Å². The van der Waals surface area contributed by atoms with E-state index in [-0.39, 0.29) is 12.0 Å². The van der Waals surface area contributed by atoms with Crippen LogP contribution in [-0.2, 0) is 31.2 Å². The zero-order chi connectivity index (χ0) is 47.8. The van der Waals surface area contributed by atoms with Crippen LogP contribution in [0.1, 0.15) is 216 Å². The molecule has 0 aromatic heterocycles. The number of nitrogens with zero attached hydrogens (tertiary/aromatic N) is 1. The second-order valence-corrected chi connectivity index (χ2v) is 19.5. The fraction of sp³-hybridized carbons (Fsp3) is 0.603. The molecule has 0 aliphatic carbocycles. The normalized spacial score (nSPS) is 12.1. The van der Waals surface area contributed by atoms with Crippen molar-refractivity contribution in [1.29, 1.82) is 0 Å². The van der Waals surface area contributed by atoms with E-state index in [2.05, 4.69) is 129 Å². The van der Waals surface area contributed by atoms with Gasteiger partial charge in [0, 0.05) is 26.1 Å². The summed E-state index contributed by atoms with van der Waals surface area (Å²) in [6, 6.07) is 41.9. The Balaban J connectivity index is 1.36. The summed E-state index contributed by atoms with van der Waals surface area (Å²) in [5.41, 5.74) is 3.44. The van der Waals surface area contributed by atoms with Gasteiger partial charge in [0.25, 0.3) is 0 Å². The highest BCUT2D eigenvalue weighted by Gasteiger charge is 2.37. The van der Waals surface area contributed by atoms with Crippen LogP contribution in [0.3, 0.4) is 0 Å². The smallest absolute Gasteiger partial charge is 0.222 e. The van der Waals surface area contributed by atoms with Gasteiger partial charge in [-0.2, -0.15) is 0 Å². The third-order valence-electron chi connectivity index (χ3n) is 13.8. The van der Waals surface area contributed by atoms with E-state index < -0.39 is 5.60 Å². The van der Waals surface area contributed by atoms with Crippen molar-refractivity contribution in [3.63, 3.8) is 0 Å². The SMILES string of the molecule is CCCCCCCCCCCCCCCCOCC(CN(CCOC(c1ccccc1)(c1ccccc1)c1ccccc1)C(=O)CCCCCCCCCCCCCCC)OCc1ccccc1. The minimum absolute atomic E-state index is 0.168. The maximum Gasteiger partial charge on any atom is 0.222 e. The molecule has 5 nitrogen and oxygen atoms in total. The lowest BCUT2D eigenvalue weighted by Crippen LogP contribution is -2.43. The van der Waals surface area contributed by atoms with Crippen LogP contribution >= 0.6 is 0 Å². The zero-order valence-corrected chi connectivity index (χ0v) is 43.2. The standard InChI is InChI=1S/C63H95NO4/c1-3-5-7-9-11-13-15-17-19-21-23-25-27-41-52-66-56-61(67-55-57-42-32-28-33-43-57)54-64(62(65)50-40-26-24-22-20-18-16-14-12-10-8-6-4-2)51-53-68-63(58-44-34-29-35-45-58,59-46-36-30-37-47-59)60-48-38-31-39-49-60/h28-39,42-49,61H,3-27,40-41,50-56H2,1-2H3. The Morgan fingerprint density at radius 3 is 1.24 bits per heavy atom. The van der Waals surface area contributed by atoms with E-state index in [0.717, 1.165) is 41.5 Å². The number of rotatable bonds is 43. The van der Waals surface area contributed by atoms with Crippen molar-refractivity contribution in [3.05, 3.63) is 144 Å². The molecule has 0 aliphatic heterocycles. The summed E-state index contributed by atoms with van der Waals surface area (Å²) < 4.78 is 20.3. The average molecular weight is 930 g/mol. The second kappa shape index (κ2) is 38.0. The average Bonchev–Trinajstić information content (AvgIpc) is 3.38. The summed E-state index contributed by atoms with van der Waals surface area (Å²) in [5, 5.41) is 0. The van der Waals surface area contributed by atoms with Gasteiger partial charge in [-0.25, -0.2) is 0 Å². The van der Waals surface area contributed by atoms with Crippen LogP contribution in [0.5, 0.6) is 0 Å². The van der Waals surface area contributed by atoms with Gasteiger partial charge < -0.3 is 19.1 Å². The van der Waals surface area contributed by atoms with Gasteiger partial charge in [-0.3, -0.25) is 4.79 Å². The molecule has 0 heterocycles. The lowest BCUT2D eigenvalue weighted by atomic mass is 9.80. The van der Waals surface area contributed by atoms with Gasteiger partial charge >= 0.3 is 0 Å². The molecule has 0 spiro atoms. The molecule has 0 aliphatic rings. The molecule has 1 atom stereocenters. The molecule has 1 unspecified atom stereocenters. The lowest BCUT2D eigenvalue weighted by Gasteiger charge is -2.37. The number of carbonyl (C=O) groups is 1. The lowest BCUT2D eigenvalue weighted by molar-refractivity contribution is -0.136. The molecule has 376 valence electrons. The summed E-state index contributed by atoms with van der Waals surface area (Å²) in [6.45, 7) is 7.49. The second-order valence-electron chi connectivity index (χ2n) is 19.5. The van der Waals surface area contributed by atoms with Crippen molar-refractivity contribution in [1.82, 2.24) is 4.90 Å².